The molecule has 0 radical (unpaired) electrons. The fourth-order valence-corrected chi connectivity index (χ4v) is 3.78. The minimum absolute atomic E-state index is 0.204. The number of hydrogen-bond donors (Lipinski definition) is 1. The summed E-state index contributed by atoms with van der Waals surface area (Å²) in [4.78, 5) is 17.3. The zero-order valence-corrected chi connectivity index (χ0v) is 19.7. The quantitative estimate of drug-likeness (QED) is 0.620. The molecule has 0 aliphatic carbocycles. The van der Waals surface area contributed by atoms with E-state index in [1.54, 1.807) is 6.92 Å². The zero-order valence-electron chi connectivity index (χ0n) is 19.7. The average molecular weight is 446 g/mol. The lowest BCUT2D eigenvalue weighted by Gasteiger charge is -2.32. The van der Waals surface area contributed by atoms with Gasteiger partial charge in [0.2, 0.25) is 0 Å². The molecule has 1 aliphatic rings. The molecule has 1 aromatic heterocycles. The summed E-state index contributed by atoms with van der Waals surface area (Å²) in [5, 5.41) is 11.8. The molecule has 7 nitrogen and oxygen atoms in total. The third kappa shape index (κ3) is 5.49. The van der Waals surface area contributed by atoms with Gasteiger partial charge < -0.3 is 19.9 Å². The van der Waals surface area contributed by atoms with Gasteiger partial charge in [0.05, 0.1) is 5.69 Å². The highest BCUT2D eigenvalue weighted by atomic mass is 16.5. The van der Waals surface area contributed by atoms with E-state index in [9.17, 15) is 4.79 Å². The third-order valence-corrected chi connectivity index (χ3v) is 6.13. The van der Waals surface area contributed by atoms with Gasteiger partial charge in [-0.05, 0) is 69.3 Å². The summed E-state index contributed by atoms with van der Waals surface area (Å²) in [5.41, 5.74) is 4.53. The number of benzene rings is 2. The Labute approximate surface area is 195 Å². The Bertz CT molecular complexity index is 1110. The molecule has 33 heavy (non-hydrogen) atoms. The van der Waals surface area contributed by atoms with Gasteiger partial charge in [-0.3, -0.25) is 4.79 Å². The minimum atomic E-state index is -0.628. The Kier molecular flexibility index (Phi) is 6.89. The first kappa shape index (κ1) is 22.7. The van der Waals surface area contributed by atoms with Gasteiger partial charge in [0, 0.05) is 37.4 Å². The Hall–Kier alpha value is -3.45. The molecule has 172 valence electrons. The van der Waals surface area contributed by atoms with Crippen molar-refractivity contribution >= 4 is 17.4 Å². The first-order valence-electron chi connectivity index (χ1n) is 11.3. The van der Waals surface area contributed by atoms with Gasteiger partial charge in [0.25, 0.3) is 5.91 Å². The lowest BCUT2D eigenvalue weighted by molar-refractivity contribution is -0.122. The second-order valence-corrected chi connectivity index (χ2v) is 8.60. The van der Waals surface area contributed by atoms with Crippen LogP contribution < -0.4 is 15.0 Å². The van der Waals surface area contributed by atoms with Crippen LogP contribution in [0.25, 0.3) is 11.3 Å². The molecule has 7 heteroatoms. The number of carbonyl (C=O) groups excluding carboxylic acids is 1. The molecule has 2 heterocycles. The second-order valence-electron chi connectivity index (χ2n) is 8.60. The van der Waals surface area contributed by atoms with Crippen LogP contribution >= 0.6 is 0 Å². The molecule has 2 aromatic carbocycles. The smallest absolute Gasteiger partial charge is 0.265 e. The molecule has 1 saturated heterocycles. The topological polar surface area (TPSA) is 70.6 Å². The monoisotopic (exact) mass is 445 g/mol. The maximum absolute atomic E-state index is 12.7. The van der Waals surface area contributed by atoms with Crippen LogP contribution in [0.5, 0.6) is 5.75 Å². The van der Waals surface area contributed by atoms with Crippen molar-refractivity contribution in [2.24, 2.45) is 0 Å². The van der Waals surface area contributed by atoms with Crippen molar-refractivity contribution in [2.75, 3.05) is 43.4 Å². The summed E-state index contributed by atoms with van der Waals surface area (Å²) in [6.45, 7) is 9.73. The van der Waals surface area contributed by atoms with Crippen molar-refractivity contribution in [2.45, 2.75) is 26.9 Å². The third-order valence-electron chi connectivity index (χ3n) is 6.13. The number of rotatable bonds is 6. The minimum Gasteiger partial charge on any atom is -0.481 e. The number of hydrogen-bond acceptors (Lipinski definition) is 6. The first-order chi connectivity index (χ1) is 15.9. The fraction of sp³-hybridized carbons (Fsp3) is 0.346. The van der Waals surface area contributed by atoms with E-state index in [0.29, 0.717) is 5.69 Å². The van der Waals surface area contributed by atoms with Crippen molar-refractivity contribution in [3.8, 4) is 17.0 Å². The van der Waals surface area contributed by atoms with Crippen LogP contribution in [0.2, 0.25) is 0 Å². The number of aryl methyl sites for hydroxylation is 1. The van der Waals surface area contributed by atoms with E-state index >= 15 is 0 Å². The number of ether oxygens (including phenoxy) is 1. The van der Waals surface area contributed by atoms with Gasteiger partial charge in [-0.15, -0.1) is 10.2 Å². The number of nitrogens with one attached hydrogen (secondary N) is 1. The van der Waals surface area contributed by atoms with Crippen LogP contribution in [0.1, 0.15) is 18.1 Å². The predicted molar refractivity (Wildman–Crippen MR) is 132 cm³/mol. The summed E-state index contributed by atoms with van der Waals surface area (Å²) < 4.78 is 5.91. The van der Waals surface area contributed by atoms with Gasteiger partial charge in [-0.2, -0.15) is 0 Å². The number of aromatic nitrogens is 2. The van der Waals surface area contributed by atoms with Gasteiger partial charge in [-0.25, -0.2) is 0 Å². The van der Waals surface area contributed by atoms with E-state index in [1.807, 2.05) is 68.4 Å². The van der Waals surface area contributed by atoms with Crippen LogP contribution in [0.15, 0.2) is 54.6 Å². The number of carbonyl (C=O) groups is 1. The van der Waals surface area contributed by atoms with Crippen molar-refractivity contribution in [1.82, 2.24) is 15.1 Å². The molecule has 0 spiro atoms. The highest BCUT2D eigenvalue weighted by Crippen LogP contribution is 2.24. The molecule has 1 amide bonds. The molecule has 1 unspecified atom stereocenters. The molecule has 1 aliphatic heterocycles. The molecular weight excluding hydrogens is 414 g/mol. The van der Waals surface area contributed by atoms with E-state index in [-0.39, 0.29) is 5.91 Å². The van der Waals surface area contributed by atoms with Crippen molar-refractivity contribution in [1.29, 1.82) is 0 Å². The number of amides is 1. The molecule has 1 N–H and O–H groups in total. The van der Waals surface area contributed by atoms with Crippen LogP contribution in [0.4, 0.5) is 11.5 Å². The Morgan fingerprint density at radius 3 is 2.48 bits per heavy atom. The summed E-state index contributed by atoms with van der Waals surface area (Å²) in [7, 11) is 2.13. The average Bonchev–Trinajstić information content (AvgIpc) is 2.83. The zero-order chi connectivity index (χ0) is 23.4. The largest absolute Gasteiger partial charge is 0.481 e. The second kappa shape index (κ2) is 10.0. The van der Waals surface area contributed by atoms with Gasteiger partial charge in [-0.1, -0.05) is 24.3 Å². The molecule has 0 saturated carbocycles. The molecular formula is C26H31N5O2. The van der Waals surface area contributed by atoms with E-state index in [2.05, 4.69) is 32.4 Å². The predicted octanol–water partition coefficient (Wildman–Crippen LogP) is 3.92. The summed E-state index contributed by atoms with van der Waals surface area (Å²) in [5.74, 6) is 1.42. The van der Waals surface area contributed by atoms with Crippen LogP contribution in [0.3, 0.4) is 0 Å². The Balaban J connectivity index is 1.41. The molecule has 4 rings (SSSR count). The van der Waals surface area contributed by atoms with Crippen molar-refractivity contribution in [3.63, 3.8) is 0 Å². The Morgan fingerprint density at radius 1 is 1.00 bits per heavy atom. The summed E-state index contributed by atoms with van der Waals surface area (Å²) in [6.07, 6.45) is -0.628. The molecule has 3 aromatic rings. The maximum atomic E-state index is 12.7. The van der Waals surface area contributed by atoms with Crippen LogP contribution in [-0.4, -0.2) is 60.3 Å². The number of piperazine rings is 1. The van der Waals surface area contributed by atoms with Gasteiger partial charge in [0.1, 0.15) is 5.75 Å². The highest BCUT2D eigenvalue weighted by molar-refractivity contribution is 5.94. The number of nitrogens with zero attached hydrogens (tertiary/aromatic N) is 4. The lowest BCUT2D eigenvalue weighted by Crippen LogP contribution is -2.44. The van der Waals surface area contributed by atoms with Crippen LogP contribution in [0, 0.1) is 13.8 Å². The van der Waals surface area contributed by atoms with Gasteiger partial charge >= 0.3 is 0 Å². The van der Waals surface area contributed by atoms with E-state index in [1.165, 1.54) is 0 Å². The molecule has 1 fully saturated rings. The van der Waals surface area contributed by atoms with Crippen molar-refractivity contribution < 1.29 is 9.53 Å². The summed E-state index contributed by atoms with van der Waals surface area (Å²) >= 11 is 0. The normalized spacial score (nSPS) is 15.2. The van der Waals surface area contributed by atoms with E-state index in [0.717, 1.165) is 60.1 Å². The number of anilines is 2. The standard InChI is InChI=1S/C26H31N5O2/c1-18-7-5-10-24(19(18)2)33-20(3)26(32)27-22-9-6-8-21(17-22)23-11-12-25(29-28-23)31-15-13-30(4)14-16-31/h5-12,17,20H,13-16H2,1-4H3,(H,27,32). The number of likely N-dealkylation sites (N-methyl/N-ethyl adjacent to an activating group) is 1. The van der Waals surface area contributed by atoms with E-state index in [4.69, 9.17) is 4.74 Å². The van der Waals surface area contributed by atoms with Crippen molar-refractivity contribution in [3.05, 3.63) is 65.7 Å². The Morgan fingerprint density at radius 2 is 1.76 bits per heavy atom. The maximum Gasteiger partial charge on any atom is 0.265 e. The molecule has 0 bridgehead atoms. The molecule has 1 atom stereocenters. The lowest BCUT2D eigenvalue weighted by atomic mass is 10.1. The first-order valence-corrected chi connectivity index (χ1v) is 11.3. The highest BCUT2D eigenvalue weighted by Gasteiger charge is 2.18. The van der Waals surface area contributed by atoms with Gasteiger partial charge in [0.15, 0.2) is 11.9 Å². The van der Waals surface area contributed by atoms with E-state index < -0.39 is 6.10 Å². The SMILES string of the molecule is Cc1cccc(OC(C)C(=O)Nc2cccc(-c3ccc(N4CCN(C)CC4)nn3)c2)c1C. The summed E-state index contributed by atoms with van der Waals surface area (Å²) in [6, 6.07) is 17.5. The van der Waals surface area contributed by atoms with Crippen LogP contribution in [-0.2, 0) is 4.79 Å². The fourth-order valence-electron chi connectivity index (χ4n) is 3.78.